The molecule has 0 bridgehead atoms. The summed E-state index contributed by atoms with van der Waals surface area (Å²) in [6.07, 6.45) is 11.8. The molecule has 2 aliphatic carbocycles. The number of hydrogen-bond acceptors (Lipinski definition) is 0. The van der Waals surface area contributed by atoms with Crippen molar-refractivity contribution in [2.45, 2.75) is 96.3 Å². The standard InChI is InChI=1S/C28H36F2/c1-3-5-19-7-10-21(11-8-19)25-17-26(29)28(27(30)18-25)24-14-13-22-15-20(6-4-2)9-12-23(22)16-24/h9,12,15,17-19,21,24H,3-8,10-11,13-14,16H2,1-2H3. The second-order valence-electron chi connectivity index (χ2n) is 9.70. The molecule has 4 rings (SSSR count). The summed E-state index contributed by atoms with van der Waals surface area (Å²) >= 11 is 0. The van der Waals surface area contributed by atoms with Crippen LogP contribution in [0.3, 0.4) is 0 Å². The highest BCUT2D eigenvalue weighted by Gasteiger charge is 2.28. The molecule has 2 aliphatic rings. The zero-order chi connectivity index (χ0) is 21.1. The third kappa shape index (κ3) is 4.63. The summed E-state index contributed by atoms with van der Waals surface area (Å²) in [5, 5.41) is 0. The molecule has 0 radical (unpaired) electrons. The largest absolute Gasteiger partial charge is 0.207 e. The maximum atomic E-state index is 15.1. The summed E-state index contributed by atoms with van der Waals surface area (Å²) in [5.74, 6) is 0.429. The van der Waals surface area contributed by atoms with Crippen LogP contribution in [0, 0.1) is 17.6 Å². The van der Waals surface area contributed by atoms with Gasteiger partial charge in [-0.3, -0.25) is 0 Å². The lowest BCUT2D eigenvalue weighted by Gasteiger charge is -2.30. The predicted molar refractivity (Wildman–Crippen MR) is 121 cm³/mol. The van der Waals surface area contributed by atoms with Gasteiger partial charge in [-0.05, 0) is 104 Å². The summed E-state index contributed by atoms with van der Waals surface area (Å²) in [6.45, 7) is 4.44. The Bertz CT molecular complexity index is 838. The summed E-state index contributed by atoms with van der Waals surface area (Å²) in [7, 11) is 0. The molecular formula is C28H36F2. The summed E-state index contributed by atoms with van der Waals surface area (Å²) in [4.78, 5) is 0. The minimum absolute atomic E-state index is 0.0520. The van der Waals surface area contributed by atoms with Crippen molar-refractivity contribution in [3.8, 4) is 0 Å². The van der Waals surface area contributed by atoms with Crippen molar-refractivity contribution in [3.63, 3.8) is 0 Å². The molecule has 0 nitrogen and oxygen atoms in total. The van der Waals surface area contributed by atoms with Crippen molar-refractivity contribution in [2.75, 3.05) is 0 Å². The second-order valence-corrected chi connectivity index (χ2v) is 9.70. The Morgan fingerprint density at radius 3 is 2.20 bits per heavy atom. The van der Waals surface area contributed by atoms with Gasteiger partial charge in [0.25, 0.3) is 0 Å². The minimum atomic E-state index is -0.322. The molecule has 0 spiro atoms. The Morgan fingerprint density at radius 1 is 0.800 bits per heavy atom. The number of benzene rings is 2. The van der Waals surface area contributed by atoms with E-state index >= 15 is 8.78 Å². The average molecular weight is 411 g/mol. The Kier molecular flexibility index (Phi) is 6.91. The van der Waals surface area contributed by atoms with E-state index in [0.717, 1.165) is 56.4 Å². The molecule has 2 aromatic rings. The summed E-state index contributed by atoms with van der Waals surface area (Å²) < 4.78 is 30.3. The van der Waals surface area contributed by atoms with E-state index in [9.17, 15) is 0 Å². The van der Waals surface area contributed by atoms with Crippen LogP contribution in [0.1, 0.15) is 105 Å². The molecule has 0 heterocycles. The number of hydrogen-bond donors (Lipinski definition) is 0. The molecule has 2 heteroatoms. The molecule has 0 aromatic heterocycles. The van der Waals surface area contributed by atoms with Gasteiger partial charge in [0.2, 0.25) is 0 Å². The lowest BCUT2D eigenvalue weighted by Crippen LogP contribution is -2.17. The van der Waals surface area contributed by atoms with Crippen molar-refractivity contribution in [2.24, 2.45) is 5.92 Å². The molecule has 162 valence electrons. The van der Waals surface area contributed by atoms with E-state index in [4.69, 9.17) is 0 Å². The van der Waals surface area contributed by atoms with E-state index in [1.807, 2.05) is 0 Å². The van der Waals surface area contributed by atoms with Crippen LogP contribution in [0.25, 0.3) is 0 Å². The molecule has 0 saturated heterocycles. The zero-order valence-corrected chi connectivity index (χ0v) is 18.7. The predicted octanol–water partition coefficient (Wildman–Crippen LogP) is 8.26. The first kappa shape index (κ1) is 21.5. The van der Waals surface area contributed by atoms with E-state index in [1.165, 1.54) is 42.4 Å². The topological polar surface area (TPSA) is 0 Å². The summed E-state index contributed by atoms with van der Waals surface area (Å²) in [5.41, 5.74) is 5.22. The molecule has 30 heavy (non-hydrogen) atoms. The molecule has 2 aromatic carbocycles. The van der Waals surface area contributed by atoms with Crippen molar-refractivity contribution in [3.05, 3.63) is 69.8 Å². The van der Waals surface area contributed by atoms with Gasteiger partial charge in [0.05, 0.1) is 0 Å². The van der Waals surface area contributed by atoms with Crippen molar-refractivity contribution >= 4 is 0 Å². The molecule has 1 unspecified atom stereocenters. The van der Waals surface area contributed by atoms with Crippen molar-refractivity contribution < 1.29 is 8.78 Å². The smallest absolute Gasteiger partial charge is 0.129 e. The number of halogens is 2. The van der Waals surface area contributed by atoms with Gasteiger partial charge in [-0.25, -0.2) is 8.78 Å². The van der Waals surface area contributed by atoms with Gasteiger partial charge < -0.3 is 0 Å². The van der Waals surface area contributed by atoms with Crippen LogP contribution in [-0.4, -0.2) is 0 Å². The highest BCUT2D eigenvalue weighted by molar-refractivity contribution is 5.39. The third-order valence-corrected chi connectivity index (χ3v) is 7.56. The van der Waals surface area contributed by atoms with Crippen LogP contribution < -0.4 is 0 Å². The number of aryl methyl sites for hydroxylation is 2. The third-order valence-electron chi connectivity index (χ3n) is 7.56. The Labute approximate surface area is 181 Å². The molecule has 0 amide bonds. The van der Waals surface area contributed by atoms with E-state index in [1.54, 1.807) is 12.1 Å². The highest BCUT2D eigenvalue weighted by atomic mass is 19.1. The van der Waals surface area contributed by atoms with Gasteiger partial charge in [0.15, 0.2) is 0 Å². The van der Waals surface area contributed by atoms with Crippen LogP contribution in [0.15, 0.2) is 30.3 Å². The Morgan fingerprint density at radius 2 is 1.53 bits per heavy atom. The van der Waals surface area contributed by atoms with Crippen LogP contribution in [-0.2, 0) is 19.3 Å². The fraction of sp³-hybridized carbons (Fsp3) is 0.571. The van der Waals surface area contributed by atoms with Crippen molar-refractivity contribution in [1.82, 2.24) is 0 Å². The van der Waals surface area contributed by atoms with Crippen molar-refractivity contribution in [1.29, 1.82) is 0 Å². The van der Waals surface area contributed by atoms with Gasteiger partial charge in [-0.2, -0.15) is 0 Å². The normalized spacial score (nSPS) is 23.9. The molecule has 0 aliphatic heterocycles. The fourth-order valence-corrected chi connectivity index (χ4v) is 5.92. The van der Waals surface area contributed by atoms with Gasteiger partial charge in [0, 0.05) is 5.56 Å². The lowest BCUT2D eigenvalue weighted by atomic mass is 9.76. The van der Waals surface area contributed by atoms with Crippen LogP contribution in [0.5, 0.6) is 0 Å². The lowest BCUT2D eigenvalue weighted by molar-refractivity contribution is 0.307. The van der Waals surface area contributed by atoms with Gasteiger partial charge in [-0.15, -0.1) is 0 Å². The molecule has 1 atom stereocenters. The number of fused-ring (bicyclic) bond motifs is 1. The Hall–Kier alpha value is -1.70. The first-order valence-corrected chi connectivity index (χ1v) is 12.2. The average Bonchev–Trinajstić information content (AvgIpc) is 2.74. The number of rotatable bonds is 6. The fourth-order valence-electron chi connectivity index (χ4n) is 5.92. The molecular weight excluding hydrogens is 374 g/mol. The minimum Gasteiger partial charge on any atom is -0.207 e. The highest BCUT2D eigenvalue weighted by Crippen LogP contribution is 2.41. The van der Waals surface area contributed by atoms with Crippen LogP contribution in [0.4, 0.5) is 8.78 Å². The Balaban J connectivity index is 1.49. The van der Waals surface area contributed by atoms with E-state index < -0.39 is 0 Å². The van der Waals surface area contributed by atoms with Gasteiger partial charge in [0.1, 0.15) is 11.6 Å². The maximum Gasteiger partial charge on any atom is 0.129 e. The molecule has 1 saturated carbocycles. The first-order chi connectivity index (χ1) is 14.6. The summed E-state index contributed by atoms with van der Waals surface area (Å²) in [6, 6.07) is 9.99. The maximum absolute atomic E-state index is 15.1. The monoisotopic (exact) mass is 410 g/mol. The quantitative estimate of drug-likeness (QED) is 0.449. The van der Waals surface area contributed by atoms with E-state index in [0.29, 0.717) is 11.5 Å². The van der Waals surface area contributed by atoms with Crippen LogP contribution >= 0.6 is 0 Å². The van der Waals surface area contributed by atoms with Gasteiger partial charge >= 0.3 is 0 Å². The van der Waals surface area contributed by atoms with E-state index in [-0.39, 0.29) is 17.6 Å². The second kappa shape index (κ2) is 9.62. The van der Waals surface area contributed by atoms with E-state index in [2.05, 4.69) is 32.0 Å². The molecule has 1 fully saturated rings. The van der Waals surface area contributed by atoms with Gasteiger partial charge in [-0.1, -0.05) is 51.3 Å². The first-order valence-electron chi connectivity index (χ1n) is 12.2. The zero-order valence-electron chi connectivity index (χ0n) is 18.7. The van der Waals surface area contributed by atoms with Crippen LogP contribution in [0.2, 0.25) is 0 Å². The molecule has 0 N–H and O–H groups in total. The SMILES string of the molecule is CCCc1ccc2c(c1)CCC(c1c(F)cc(C3CCC(CCC)CC3)cc1F)C2.